The molecule has 0 amide bonds. The lowest BCUT2D eigenvalue weighted by atomic mass is 10.2. The van der Waals surface area contributed by atoms with Gasteiger partial charge in [-0.25, -0.2) is 4.79 Å². The first-order valence-corrected chi connectivity index (χ1v) is 13.1. The van der Waals surface area contributed by atoms with Crippen LogP contribution in [-0.2, 0) is 9.53 Å². The van der Waals surface area contributed by atoms with Gasteiger partial charge in [0.2, 0.25) is 0 Å². The molecule has 0 bridgehead atoms. The Kier molecular flexibility index (Phi) is 8.06. The van der Waals surface area contributed by atoms with Gasteiger partial charge in [-0.2, -0.15) is 0 Å². The number of carbonyl (C=O) groups is 1. The van der Waals surface area contributed by atoms with Gasteiger partial charge in [0.25, 0.3) is 0 Å². The van der Waals surface area contributed by atoms with E-state index in [0.29, 0.717) is 0 Å². The van der Waals surface area contributed by atoms with Crippen molar-refractivity contribution in [3.8, 4) is 0 Å². The zero-order valence-electron chi connectivity index (χ0n) is 19.9. The molecule has 2 aromatic rings. The zero-order chi connectivity index (χ0) is 22.7. The minimum atomic E-state index is -0.844. The molecule has 0 aliphatic rings. The molecule has 0 radical (unpaired) electrons. The normalized spacial score (nSPS) is 13.1. The minimum absolute atomic E-state index is 0.0218. The van der Waals surface area contributed by atoms with Gasteiger partial charge in [0.15, 0.2) is 0 Å². The first-order valence-electron chi connectivity index (χ1n) is 10.4. The predicted octanol–water partition coefficient (Wildman–Crippen LogP) is 6.83. The Morgan fingerprint density at radius 1 is 0.800 bits per heavy atom. The third-order valence-corrected chi connectivity index (χ3v) is 11.2. The maximum Gasteiger partial charge on any atom is 0.338 e. The molecule has 0 aromatic heterocycles. The molecule has 0 unspecified atom stereocenters. The highest BCUT2D eigenvalue weighted by Gasteiger charge is 2.40. The summed E-state index contributed by atoms with van der Waals surface area (Å²) in [7, 11) is -0.126. The van der Waals surface area contributed by atoms with Crippen LogP contribution in [-0.4, -0.2) is 23.4 Å². The number of methoxy groups -OCH3 is 1. The van der Waals surface area contributed by atoms with Gasteiger partial charge in [-0.1, -0.05) is 98.0 Å². The van der Waals surface area contributed by atoms with E-state index in [4.69, 9.17) is 4.74 Å². The fourth-order valence-corrected chi connectivity index (χ4v) is 10.9. The molecule has 0 fully saturated rings. The van der Waals surface area contributed by atoms with Gasteiger partial charge in [0.05, 0.1) is 12.4 Å². The van der Waals surface area contributed by atoms with Crippen LogP contribution in [0.5, 0.6) is 0 Å². The molecular formula is C26H36O2P2. The average Bonchev–Trinajstić information content (AvgIpc) is 2.63. The van der Waals surface area contributed by atoms with Gasteiger partial charge in [-0.3, -0.25) is 0 Å². The molecular weight excluding hydrogens is 406 g/mol. The topological polar surface area (TPSA) is 26.3 Å². The van der Waals surface area contributed by atoms with Crippen molar-refractivity contribution in [1.29, 1.82) is 0 Å². The summed E-state index contributed by atoms with van der Waals surface area (Å²) in [5, 5.41) is 3.39. The number of rotatable bonds is 5. The third-order valence-electron chi connectivity index (χ3n) is 4.98. The van der Waals surface area contributed by atoms with Crippen LogP contribution in [0.15, 0.2) is 59.7 Å². The van der Waals surface area contributed by atoms with E-state index < -0.39 is 15.8 Å². The minimum Gasteiger partial charge on any atom is -0.465 e. The van der Waals surface area contributed by atoms with Crippen molar-refractivity contribution < 1.29 is 9.53 Å². The van der Waals surface area contributed by atoms with Crippen molar-refractivity contribution >= 4 is 32.4 Å². The molecule has 0 atom stereocenters. The lowest BCUT2D eigenvalue weighted by molar-refractivity contribution is -0.135. The molecule has 0 N–H and O–H groups in total. The standard InChI is InChI=1S/C26H36O2P2/c1-19-14-10-12-16-21(19)29(22-17-13-11-15-20(22)2)18-23(24(27)28-9)30(25(3,4)5)26(6,7)8/h10-18H,1-9H3/b23-18+. The van der Waals surface area contributed by atoms with E-state index in [1.807, 2.05) is 0 Å². The van der Waals surface area contributed by atoms with Crippen LogP contribution in [0.2, 0.25) is 0 Å². The summed E-state index contributed by atoms with van der Waals surface area (Å²) in [6.45, 7) is 17.8. The Hall–Kier alpha value is -1.49. The fourth-order valence-electron chi connectivity index (χ4n) is 4.09. The monoisotopic (exact) mass is 442 g/mol. The second kappa shape index (κ2) is 9.76. The van der Waals surface area contributed by atoms with E-state index in [1.54, 1.807) is 0 Å². The molecule has 4 heteroatoms. The van der Waals surface area contributed by atoms with Crippen LogP contribution in [0.4, 0.5) is 0 Å². The summed E-state index contributed by atoms with van der Waals surface area (Å²) in [4.78, 5) is 13.2. The molecule has 2 rings (SSSR count). The van der Waals surface area contributed by atoms with Gasteiger partial charge < -0.3 is 4.74 Å². The quantitative estimate of drug-likeness (QED) is 0.288. The molecule has 30 heavy (non-hydrogen) atoms. The van der Waals surface area contributed by atoms with Crippen molar-refractivity contribution in [2.45, 2.75) is 65.7 Å². The number of esters is 1. The Labute approximate surface area is 185 Å². The summed E-state index contributed by atoms with van der Waals surface area (Å²) in [5.74, 6) is 2.06. The lowest BCUT2D eigenvalue weighted by Gasteiger charge is -2.42. The van der Waals surface area contributed by atoms with E-state index in [-0.39, 0.29) is 16.3 Å². The zero-order valence-corrected chi connectivity index (χ0v) is 21.7. The van der Waals surface area contributed by atoms with Crippen LogP contribution < -0.4 is 10.6 Å². The largest absolute Gasteiger partial charge is 0.465 e. The van der Waals surface area contributed by atoms with Crippen molar-refractivity contribution in [3.05, 3.63) is 70.8 Å². The Balaban J connectivity index is 2.84. The molecule has 2 nitrogen and oxygen atoms in total. The molecule has 0 saturated carbocycles. The van der Waals surface area contributed by atoms with E-state index >= 15 is 0 Å². The summed E-state index contributed by atoms with van der Waals surface area (Å²) >= 11 is 0. The molecule has 0 aliphatic carbocycles. The highest BCUT2D eigenvalue weighted by Crippen LogP contribution is 2.66. The summed E-state index contributed by atoms with van der Waals surface area (Å²) < 4.78 is 5.34. The number of hydrogen-bond donors (Lipinski definition) is 0. The molecule has 0 heterocycles. The van der Waals surface area contributed by atoms with Gasteiger partial charge >= 0.3 is 5.97 Å². The first-order chi connectivity index (χ1) is 13.9. The Morgan fingerprint density at radius 3 is 1.53 bits per heavy atom. The van der Waals surface area contributed by atoms with Crippen LogP contribution in [0.25, 0.3) is 0 Å². The van der Waals surface area contributed by atoms with Crippen molar-refractivity contribution in [1.82, 2.24) is 0 Å². The molecule has 0 aliphatic heterocycles. The van der Waals surface area contributed by atoms with Crippen LogP contribution in [0, 0.1) is 13.8 Å². The van der Waals surface area contributed by atoms with Crippen LogP contribution >= 0.6 is 15.8 Å². The van der Waals surface area contributed by atoms with E-state index in [0.717, 1.165) is 5.31 Å². The number of ether oxygens (including phenoxy) is 1. The van der Waals surface area contributed by atoms with E-state index in [1.165, 1.54) is 28.8 Å². The summed E-state index contributed by atoms with van der Waals surface area (Å²) in [5.41, 5.74) is 2.51. The van der Waals surface area contributed by atoms with Crippen molar-refractivity contribution in [3.63, 3.8) is 0 Å². The maximum absolute atomic E-state index is 13.2. The Bertz CT molecular complexity index is 858. The van der Waals surface area contributed by atoms with Gasteiger partial charge in [-0.05, 0) is 59.6 Å². The first kappa shape index (κ1) is 24.8. The van der Waals surface area contributed by atoms with Gasteiger partial charge in [0, 0.05) is 0 Å². The molecule has 0 spiro atoms. The van der Waals surface area contributed by atoms with Crippen LogP contribution in [0.1, 0.15) is 52.7 Å². The van der Waals surface area contributed by atoms with Gasteiger partial charge in [0.1, 0.15) is 0 Å². The molecule has 162 valence electrons. The number of carbonyl (C=O) groups excluding carboxylic acids is 1. The Morgan fingerprint density at radius 2 is 1.20 bits per heavy atom. The SMILES string of the molecule is COC(=O)/C(=C\P(c1ccccc1C)c1ccccc1C)P(C(C)(C)C)C(C)(C)C. The fraction of sp³-hybridized carbons (Fsp3) is 0.423. The second-order valence-corrected chi connectivity index (χ2v) is 15.4. The smallest absolute Gasteiger partial charge is 0.338 e. The van der Waals surface area contributed by atoms with Gasteiger partial charge in [-0.15, -0.1) is 0 Å². The highest BCUT2D eigenvalue weighted by molar-refractivity contribution is 7.77. The van der Waals surface area contributed by atoms with E-state index in [2.05, 4.69) is 110 Å². The number of hydrogen-bond acceptors (Lipinski definition) is 2. The number of aryl methyl sites for hydroxylation is 2. The van der Waals surface area contributed by atoms with Crippen LogP contribution in [0.3, 0.4) is 0 Å². The molecule has 0 saturated heterocycles. The summed E-state index contributed by atoms with van der Waals surface area (Å²) in [6.07, 6.45) is 0. The average molecular weight is 443 g/mol. The van der Waals surface area contributed by atoms with Crippen molar-refractivity contribution in [2.24, 2.45) is 0 Å². The van der Waals surface area contributed by atoms with E-state index in [9.17, 15) is 4.79 Å². The third kappa shape index (κ3) is 5.81. The summed E-state index contributed by atoms with van der Waals surface area (Å²) in [6, 6.07) is 17.1. The second-order valence-electron chi connectivity index (χ2n) is 9.63. The van der Waals surface area contributed by atoms with Crippen molar-refractivity contribution in [2.75, 3.05) is 7.11 Å². The maximum atomic E-state index is 13.2. The number of benzene rings is 2. The predicted molar refractivity (Wildman–Crippen MR) is 135 cm³/mol. The lowest BCUT2D eigenvalue weighted by Crippen LogP contribution is -2.28. The highest BCUT2D eigenvalue weighted by atomic mass is 31.1. The molecule has 2 aromatic carbocycles.